The number of rotatable bonds is 3. The minimum atomic E-state index is -0.543. The predicted octanol–water partition coefficient (Wildman–Crippen LogP) is 2.66. The van der Waals surface area contributed by atoms with Crippen LogP contribution in [0.2, 0.25) is 0 Å². The van der Waals surface area contributed by atoms with E-state index in [2.05, 4.69) is 0 Å². The lowest BCUT2D eigenvalue weighted by molar-refractivity contribution is 0.471. The van der Waals surface area contributed by atoms with Crippen molar-refractivity contribution in [3.05, 3.63) is 35.4 Å². The Morgan fingerprint density at radius 3 is 2.43 bits per heavy atom. The van der Waals surface area contributed by atoms with Gasteiger partial charge in [-0.3, -0.25) is 0 Å². The van der Waals surface area contributed by atoms with Crippen molar-refractivity contribution in [2.24, 2.45) is 11.7 Å². The lowest BCUT2D eigenvalue weighted by atomic mass is 9.89. The molecule has 3 heteroatoms. The number of halogens is 2. The van der Waals surface area contributed by atoms with E-state index in [4.69, 9.17) is 5.73 Å². The van der Waals surface area contributed by atoms with Crippen LogP contribution < -0.4 is 5.73 Å². The van der Waals surface area contributed by atoms with Crippen molar-refractivity contribution in [2.75, 3.05) is 6.54 Å². The summed E-state index contributed by atoms with van der Waals surface area (Å²) < 4.78 is 25.9. The van der Waals surface area contributed by atoms with Gasteiger partial charge in [-0.2, -0.15) is 0 Å². The maximum absolute atomic E-state index is 13.3. The van der Waals surface area contributed by atoms with Crippen molar-refractivity contribution >= 4 is 0 Å². The molecule has 0 fully saturated rings. The van der Waals surface area contributed by atoms with Gasteiger partial charge in [-0.05, 0) is 30.0 Å². The van der Waals surface area contributed by atoms with Crippen LogP contribution in [0.3, 0.4) is 0 Å². The van der Waals surface area contributed by atoms with Crippen LogP contribution in [0.4, 0.5) is 8.78 Å². The lowest BCUT2D eigenvalue weighted by Crippen LogP contribution is -2.17. The molecular weight excluding hydrogens is 184 g/mol. The van der Waals surface area contributed by atoms with Gasteiger partial charge in [0.15, 0.2) is 0 Å². The second-order valence-corrected chi connectivity index (χ2v) is 3.67. The standard InChI is InChI=1S/C11H15F2N/c1-7(6-14)8(2)10-4-3-9(12)5-11(10)13/h3-5,7-8H,6,14H2,1-2H3. The average molecular weight is 199 g/mol. The summed E-state index contributed by atoms with van der Waals surface area (Å²) in [6, 6.07) is 3.68. The van der Waals surface area contributed by atoms with E-state index >= 15 is 0 Å². The molecule has 0 saturated heterocycles. The van der Waals surface area contributed by atoms with E-state index in [9.17, 15) is 8.78 Å². The summed E-state index contributed by atoms with van der Waals surface area (Å²) in [4.78, 5) is 0. The van der Waals surface area contributed by atoms with Crippen molar-refractivity contribution in [1.29, 1.82) is 0 Å². The highest BCUT2D eigenvalue weighted by Crippen LogP contribution is 2.25. The second kappa shape index (κ2) is 4.51. The SMILES string of the molecule is CC(CN)C(C)c1ccc(F)cc1F. The predicted molar refractivity (Wildman–Crippen MR) is 53.0 cm³/mol. The third-order valence-electron chi connectivity index (χ3n) is 2.68. The summed E-state index contributed by atoms with van der Waals surface area (Å²) in [6.07, 6.45) is 0. The summed E-state index contributed by atoms with van der Waals surface area (Å²) in [6.45, 7) is 4.35. The van der Waals surface area contributed by atoms with Crippen molar-refractivity contribution in [3.8, 4) is 0 Å². The quantitative estimate of drug-likeness (QED) is 0.795. The number of hydrogen-bond acceptors (Lipinski definition) is 1. The fourth-order valence-electron chi connectivity index (χ4n) is 1.38. The fraction of sp³-hybridized carbons (Fsp3) is 0.455. The molecule has 0 aliphatic heterocycles. The smallest absolute Gasteiger partial charge is 0.129 e. The van der Waals surface area contributed by atoms with Gasteiger partial charge in [0.05, 0.1) is 0 Å². The van der Waals surface area contributed by atoms with Crippen LogP contribution in [0.1, 0.15) is 25.3 Å². The van der Waals surface area contributed by atoms with Crippen LogP contribution >= 0.6 is 0 Å². The molecule has 0 radical (unpaired) electrons. The molecule has 1 aromatic carbocycles. The van der Waals surface area contributed by atoms with Gasteiger partial charge < -0.3 is 5.73 Å². The molecule has 0 heterocycles. The van der Waals surface area contributed by atoms with Gasteiger partial charge in [0, 0.05) is 6.07 Å². The van der Waals surface area contributed by atoms with Crippen LogP contribution in [0.25, 0.3) is 0 Å². The summed E-state index contributed by atoms with van der Waals surface area (Å²) >= 11 is 0. The summed E-state index contributed by atoms with van der Waals surface area (Å²) in [5.74, 6) is -0.827. The second-order valence-electron chi connectivity index (χ2n) is 3.67. The molecule has 0 aliphatic carbocycles. The van der Waals surface area contributed by atoms with Gasteiger partial charge in [0.2, 0.25) is 0 Å². The van der Waals surface area contributed by atoms with Crippen LogP contribution in [0.5, 0.6) is 0 Å². The van der Waals surface area contributed by atoms with E-state index in [1.165, 1.54) is 12.1 Å². The Hall–Kier alpha value is -0.960. The molecule has 1 rings (SSSR count). The molecular formula is C11H15F2N. The van der Waals surface area contributed by atoms with E-state index in [-0.39, 0.29) is 11.8 Å². The Balaban J connectivity index is 2.95. The Morgan fingerprint density at radius 2 is 1.93 bits per heavy atom. The van der Waals surface area contributed by atoms with E-state index < -0.39 is 11.6 Å². The average Bonchev–Trinajstić information content (AvgIpc) is 2.15. The number of nitrogens with two attached hydrogens (primary N) is 1. The molecule has 0 bridgehead atoms. The van der Waals surface area contributed by atoms with Crippen LogP contribution in [-0.4, -0.2) is 6.54 Å². The topological polar surface area (TPSA) is 26.0 Å². The van der Waals surface area contributed by atoms with E-state index in [0.717, 1.165) is 6.07 Å². The van der Waals surface area contributed by atoms with Crippen molar-refractivity contribution < 1.29 is 8.78 Å². The minimum absolute atomic E-state index is 0.0144. The molecule has 2 atom stereocenters. The van der Waals surface area contributed by atoms with Crippen LogP contribution in [0, 0.1) is 17.6 Å². The fourth-order valence-corrected chi connectivity index (χ4v) is 1.38. The maximum atomic E-state index is 13.3. The molecule has 2 N–H and O–H groups in total. The van der Waals surface area contributed by atoms with Gasteiger partial charge in [0.1, 0.15) is 11.6 Å². The van der Waals surface area contributed by atoms with Crippen LogP contribution in [-0.2, 0) is 0 Å². The normalized spacial score (nSPS) is 15.2. The largest absolute Gasteiger partial charge is 0.330 e. The maximum Gasteiger partial charge on any atom is 0.129 e. The molecule has 78 valence electrons. The zero-order valence-corrected chi connectivity index (χ0v) is 8.43. The Bertz CT molecular complexity index is 312. The first kappa shape index (κ1) is 11.1. The molecule has 1 aromatic rings. The van der Waals surface area contributed by atoms with Crippen molar-refractivity contribution in [3.63, 3.8) is 0 Å². The van der Waals surface area contributed by atoms with Crippen LogP contribution in [0.15, 0.2) is 18.2 Å². The Kier molecular flexibility index (Phi) is 3.58. The zero-order valence-electron chi connectivity index (χ0n) is 8.43. The van der Waals surface area contributed by atoms with E-state index in [1.54, 1.807) is 0 Å². The van der Waals surface area contributed by atoms with Gasteiger partial charge in [-0.1, -0.05) is 19.9 Å². The Morgan fingerprint density at radius 1 is 1.29 bits per heavy atom. The summed E-state index contributed by atoms with van der Waals surface area (Å²) in [5.41, 5.74) is 6.03. The van der Waals surface area contributed by atoms with E-state index in [1.807, 2.05) is 13.8 Å². The van der Waals surface area contributed by atoms with E-state index in [0.29, 0.717) is 12.1 Å². The highest BCUT2D eigenvalue weighted by atomic mass is 19.1. The monoisotopic (exact) mass is 199 g/mol. The highest BCUT2D eigenvalue weighted by Gasteiger charge is 2.16. The van der Waals surface area contributed by atoms with Gasteiger partial charge in [0.25, 0.3) is 0 Å². The lowest BCUT2D eigenvalue weighted by Gasteiger charge is -2.18. The molecule has 1 nitrogen and oxygen atoms in total. The molecule has 14 heavy (non-hydrogen) atoms. The van der Waals surface area contributed by atoms with Crippen molar-refractivity contribution in [1.82, 2.24) is 0 Å². The third kappa shape index (κ3) is 2.29. The van der Waals surface area contributed by atoms with Gasteiger partial charge in [-0.25, -0.2) is 8.78 Å². The summed E-state index contributed by atoms with van der Waals surface area (Å²) in [7, 11) is 0. The molecule has 0 amide bonds. The number of hydrogen-bond donors (Lipinski definition) is 1. The molecule has 0 aliphatic rings. The first-order valence-electron chi connectivity index (χ1n) is 4.71. The molecule has 0 spiro atoms. The molecule has 0 aromatic heterocycles. The number of benzene rings is 1. The first-order valence-corrected chi connectivity index (χ1v) is 4.71. The third-order valence-corrected chi connectivity index (χ3v) is 2.68. The minimum Gasteiger partial charge on any atom is -0.330 e. The van der Waals surface area contributed by atoms with Crippen molar-refractivity contribution in [2.45, 2.75) is 19.8 Å². The van der Waals surface area contributed by atoms with Gasteiger partial charge >= 0.3 is 0 Å². The first-order chi connectivity index (χ1) is 6.56. The molecule has 0 saturated carbocycles. The highest BCUT2D eigenvalue weighted by molar-refractivity contribution is 5.22. The Labute approximate surface area is 82.9 Å². The molecule has 2 unspecified atom stereocenters. The summed E-state index contributed by atoms with van der Waals surface area (Å²) in [5, 5.41) is 0. The van der Waals surface area contributed by atoms with Gasteiger partial charge in [-0.15, -0.1) is 0 Å². The zero-order chi connectivity index (χ0) is 10.7.